The van der Waals surface area contributed by atoms with E-state index in [-0.39, 0.29) is 0 Å². The molecule has 2 aromatic carbocycles. The van der Waals surface area contributed by atoms with E-state index in [1.54, 1.807) is 10.9 Å². The topological polar surface area (TPSA) is 58.3 Å². The second kappa shape index (κ2) is 12.8. The molecule has 2 aromatic heterocycles. The highest BCUT2D eigenvalue weighted by atomic mass is 16.6. The highest BCUT2D eigenvalue weighted by Crippen LogP contribution is 2.34. The fraction of sp³-hybridized carbons (Fsp3) is 0.379. The number of nitrogens with zero attached hydrogens (tertiary/aromatic N) is 3. The van der Waals surface area contributed by atoms with Gasteiger partial charge in [0.25, 0.3) is 0 Å². The summed E-state index contributed by atoms with van der Waals surface area (Å²) in [6.45, 7) is 16.9. The van der Waals surface area contributed by atoms with Crippen LogP contribution in [0.4, 0.5) is 4.79 Å². The second-order valence-electron chi connectivity index (χ2n) is 8.41. The van der Waals surface area contributed by atoms with Gasteiger partial charge in [0, 0.05) is 23.7 Å². The molecule has 0 unspecified atom stereocenters. The maximum Gasteiger partial charge on any atom is 0.419 e. The van der Waals surface area contributed by atoms with Crippen molar-refractivity contribution in [1.82, 2.24) is 14.1 Å². The maximum atomic E-state index is 12.9. The zero-order chi connectivity index (χ0) is 26.0. The van der Waals surface area contributed by atoms with Crippen LogP contribution in [0, 0.1) is 0 Å². The number of carbonyl (C=O) groups excluding carboxylic acids is 1. The van der Waals surface area contributed by atoms with Crippen molar-refractivity contribution in [1.29, 1.82) is 0 Å². The Kier molecular flexibility index (Phi) is 10.1. The normalized spacial score (nSPS) is 10.6. The first-order chi connectivity index (χ1) is 16.9. The van der Waals surface area contributed by atoms with E-state index in [1.165, 1.54) is 0 Å². The zero-order valence-corrected chi connectivity index (χ0v) is 22.3. The lowest BCUT2D eigenvalue weighted by atomic mass is 10.1. The summed E-state index contributed by atoms with van der Waals surface area (Å²) in [7, 11) is 0. The molecule has 0 bridgehead atoms. The average molecular weight is 478 g/mol. The van der Waals surface area contributed by atoms with Crippen LogP contribution in [0.15, 0.2) is 67.3 Å². The van der Waals surface area contributed by atoms with E-state index < -0.39 is 11.7 Å². The van der Waals surface area contributed by atoms with E-state index in [9.17, 15) is 4.79 Å². The van der Waals surface area contributed by atoms with E-state index in [0.717, 1.165) is 40.0 Å². The molecule has 35 heavy (non-hydrogen) atoms. The Bertz CT molecular complexity index is 1200. The predicted octanol–water partition coefficient (Wildman–Crippen LogP) is 7.94. The van der Waals surface area contributed by atoms with Crippen LogP contribution in [0.5, 0.6) is 5.75 Å². The Labute approximate surface area is 209 Å². The van der Waals surface area contributed by atoms with Gasteiger partial charge in [0.2, 0.25) is 0 Å². The number of hydrogen-bond donors (Lipinski definition) is 0. The molecule has 0 spiro atoms. The van der Waals surface area contributed by atoms with Gasteiger partial charge < -0.3 is 14.0 Å². The molecular formula is C29H39N3O3. The van der Waals surface area contributed by atoms with Gasteiger partial charge in [-0.3, -0.25) is 4.57 Å². The fourth-order valence-corrected chi connectivity index (χ4v) is 3.50. The summed E-state index contributed by atoms with van der Waals surface area (Å²) in [6, 6.07) is 15.8. The minimum atomic E-state index is -0.586. The minimum Gasteiger partial charge on any atom is -0.489 e. The van der Waals surface area contributed by atoms with Crippen LogP contribution in [0.3, 0.4) is 0 Å². The number of carbonyl (C=O) groups is 1. The molecule has 0 aliphatic carbocycles. The molecule has 0 aliphatic rings. The predicted molar refractivity (Wildman–Crippen MR) is 144 cm³/mol. The number of aromatic nitrogens is 3. The van der Waals surface area contributed by atoms with Crippen LogP contribution < -0.4 is 4.74 Å². The SMILES string of the molecule is CC.CC.CCn1cncc1-c1cn(C(=O)OC(C)(C)C)c2ccc(OCc3ccccc3)cc12. The van der Waals surface area contributed by atoms with Gasteiger partial charge in [-0.05, 0) is 51.5 Å². The molecule has 0 amide bonds. The number of benzene rings is 2. The Morgan fingerprint density at radius 3 is 2.31 bits per heavy atom. The van der Waals surface area contributed by atoms with Gasteiger partial charge in [0.15, 0.2) is 0 Å². The highest BCUT2D eigenvalue weighted by molar-refractivity contribution is 6.00. The van der Waals surface area contributed by atoms with Gasteiger partial charge in [0.1, 0.15) is 18.0 Å². The number of fused-ring (bicyclic) bond motifs is 1. The summed E-state index contributed by atoms with van der Waals surface area (Å²) < 4.78 is 15.3. The van der Waals surface area contributed by atoms with Crippen LogP contribution in [-0.2, 0) is 17.9 Å². The van der Waals surface area contributed by atoms with Crippen molar-refractivity contribution >= 4 is 17.0 Å². The maximum absolute atomic E-state index is 12.9. The number of rotatable bonds is 5. The molecule has 0 radical (unpaired) electrons. The number of imidazole rings is 1. The molecule has 188 valence electrons. The number of aryl methyl sites for hydroxylation is 1. The third-order valence-corrected chi connectivity index (χ3v) is 4.94. The Morgan fingerprint density at radius 2 is 1.69 bits per heavy atom. The molecule has 0 aliphatic heterocycles. The molecule has 0 saturated carbocycles. The standard InChI is InChI=1S/C25H27N3O3.2C2H6/c1-5-27-17-26-14-23(27)21-15-28(24(29)31-25(2,3)4)22-12-11-19(13-20(21)22)30-16-18-9-7-6-8-10-18;2*1-2/h6-15,17H,5,16H2,1-4H3;2*1-2H3. The van der Waals surface area contributed by atoms with Crippen molar-refractivity contribution in [2.45, 2.75) is 74.1 Å². The summed E-state index contributed by atoms with van der Waals surface area (Å²) in [4.78, 5) is 17.2. The van der Waals surface area contributed by atoms with Crippen LogP contribution in [-0.4, -0.2) is 25.8 Å². The lowest BCUT2D eigenvalue weighted by molar-refractivity contribution is 0.0544. The molecule has 0 fully saturated rings. The first-order valence-electron chi connectivity index (χ1n) is 12.4. The summed E-state index contributed by atoms with van der Waals surface area (Å²) in [5.41, 5.74) is 3.12. The van der Waals surface area contributed by atoms with Crippen LogP contribution >= 0.6 is 0 Å². The fourth-order valence-electron chi connectivity index (χ4n) is 3.50. The van der Waals surface area contributed by atoms with E-state index in [1.807, 2.05) is 114 Å². The molecule has 2 heterocycles. The van der Waals surface area contributed by atoms with Crippen molar-refractivity contribution in [3.8, 4) is 17.0 Å². The van der Waals surface area contributed by atoms with Crippen molar-refractivity contribution in [3.63, 3.8) is 0 Å². The second-order valence-corrected chi connectivity index (χ2v) is 8.41. The molecule has 6 heteroatoms. The monoisotopic (exact) mass is 477 g/mol. The average Bonchev–Trinajstić information content (AvgIpc) is 3.49. The lowest BCUT2D eigenvalue weighted by Gasteiger charge is -2.19. The summed E-state index contributed by atoms with van der Waals surface area (Å²) in [6.07, 6.45) is 5.02. The Hall–Kier alpha value is -3.54. The van der Waals surface area contributed by atoms with E-state index in [2.05, 4.69) is 11.9 Å². The molecule has 0 saturated heterocycles. The lowest BCUT2D eigenvalue weighted by Crippen LogP contribution is -2.26. The van der Waals surface area contributed by atoms with Gasteiger partial charge >= 0.3 is 6.09 Å². The number of hydrogen-bond acceptors (Lipinski definition) is 4. The van der Waals surface area contributed by atoms with Gasteiger partial charge in [-0.15, -0.1) is 0 Å². The van der Waals surface area contributed by atoms with E-state index in [4.69, 9.17) is 9.47 Å². The van der Waals surface area contributed by atoms with Gasteiger partial charge in [-0.2, -0.15) is 0 Å². The molecular weight excluding hydrogens is 438 g/mol. The third-order valence-electron chi connectivity index (χ3n) is 4.94. The molecule has 0 atom stereocenters. The van der Waals surface area contributed by atoms with Crippen molar-refractivity contribution < 1.29 is 14.3 Å². The van der Waals surface area contributed by atoms with Crippen molar-refractivity contribution in [2.75, 3.05) is 0 Å². The van der Waals surface area contributed by atoms with Crippen LogP contribution in [0.1, 0.15) is 61.0 Å². The molecule has 6 nitrogen and oxygen atoms in total. The molecule has 4 rings (SSSR count). The van der Waals surface area contributed by atoms with E-state index >= 15 is 0 Å². The van der Waals surface area contributed by atoms with Crippen molar-refractivity contribution in [3.05, 3.63) is 72.8 Å². The minimum absolute atomic E-state index is 0.413. The van der Waals surface area contributed by atoms with Gasteiger partial charge in [-0.1, -0.05) is 58.0 Å². The molecule has 4 aromatic rings. The first kappa shape index (κ1) is 27.7. The smallest absolute Gasteiger partial charge is 0.419 e. The summed E-state index contributed by atoms with van der Waals surface area (Å²) >= 11 is 0. The molecule has 0 N–H and O–H groups in total. The quantitative estimate of drug-likeness (QED) is 0.293. The van der Waals surface area contributed by atoms with E-state index in [0.29, 0.717) is 6.61 Å². The van der Waals surface area contributed by atoms with Gasteiger partial charge in [-0.25, -0.2) is 9.78 Å². The van der Waals surface area contributed by atoms with Crippen LogP contribution in [0.2, 0.25) is 0 Å². The highest BCUT2D eigenvalue weighted by Gasteiger charge is 2.22. The van der Waals surface area contributed by atoms with Gasteiger partial charge in [0.05, 0.1) is 23.7 Å². The Morgan fingerprint density at radius 1 is 1.00 bits per heavy atom. The van der Waals surface area contributed by atoms with Crippen LogP contribution in [0.25, 0.3) is 22.2 Å². The first-order valence-corrected chi connectivity index (χ1v) is 12.4. The third kappa shape index (κ3) is 6.98. The summed E-state index contributed by atoms with van der Waals surface area (Å²) in [5, 5.41) is 0.909. The largest absolute Gasteiger partial charge is 0.489 e. The van der Waals surface area contributed by atoms with Crippen molar-refractivity contribution in [2.24, 2.45) is 0 Å². The summed E-state index contributed by atoms with van der Waals surface area (Å²) in [5.74, 6) is 0.738. The zero-order valence-electron chi connectivity index (χ0n) is 22.3. The number of ether oxygens (including phenoxy) is 2. The Balaban J connectivity index is 0.00000103.